The monoisotopic (exact) mass is 262 g/mol. The Balaban J connectivity index is 1.92. The summed E-state index contributed by atoms with van der Waals surface area (Å²) in [6, 6.07) is 6.16. The maximum atomic E-state index is 6.06. The van der Waals surface area contributed by atoms with Gasteiger partial charge in [-0.1, -0.05) is 6.07 Å². The van der Waals surface area contributed by atoms with Gasteiger partial charge in [0.2, 0.25) is 0 Å². The van der Waals surface area contributed by atoms with Crippen molar-refractivity contribution in [2.75, 3.05) is 26.4 Å². The fourth-order valence-corrected chi connectivity index (χ4v) is 3.57. The molecule has 0 unspecified atom stereocenters. The van der Waals surface area contributed by atoms with Gasteiger partial charge >= 0.3 is 0 Å². The van der Waals surface area contributed by atoms with Gasteiger partial charge in [-0.15, -0.1) is 0 Å². The van der Waals surface area contributed by atoms with Crippen molar-refractivity contribution in [1.29, 1.82) is 0 Å². The maximum Gasteiger partial charge on any atom is 0.0945 e. The van der Waals surface area contributed by atoms with E-state index in [0.717, 1.165) is 44.6 Å². The molecular formula is C15H22N2O2. The van der Waals surface area contributed by atoms with Crippen LogP contribution in [0, 0.1) is 0 Å². The van der Waals surface area contributed by atoms with E-state index < -0.39 is 0 Å². The molecule has 3 rings (SSSR count). The van der Waals surface area contributed by atoms with Crippen LogP contribution in [0.25, 0.3) is 0 Å². The van der Waals surface area contributed by atoms with E-state index in [4.69, 9.17) is 15.2 Å². The fourth-order valence-electron chi connectivity index (χ4n) is 3.57. The topological polar surface area (TPSA) is 57.4 Å². The third kappa shape index (κ3) is 2.40. The first kappa shape index (κ1) is 13.0. The Morgan fingerprint density at radius 1 is 1.26 bits per heavy atom. The molecule has 2 N–H and O–H groups in total. The maximum absolute atomic E-state index is 6.06. The molecule has 19 heavy (non-hydrogen) atoms. The van der Waals surface area contributed by atoms with Crippen molar-refractivity contribution in [2.45, 2.75) is 36.7 Å². The highest BCUT2D eigenvalue weighted by atomic mass is 16.6. The highest BCUT2D eigenvalue weighted by Crippen LogP contribution is 2.46. The molecule has 2 saturated heterocycles. The summed E-state index contributed by atoms with van der Waals surface area (Å²) < 4.78 is 11.6. The van der Waals surface area contributed by atoms with Crippen molar-refractivity contribution in [3.05, 3.63) is 30.1 Å². The van der Waals surface area contributed by atoms with Crippen LogP contribution in [-0.2, 0) is 14.9 Å². The molecule has 0 amide bonds. The summed E-state index contributed by atoms with van der Waals surface area (Å²) in [4.78, 5) is 4.60. The summed E-state index contributed by atoms with van der Waals surface area (Å²) in [5.74, 6) is 0. The minimum Gasteiger partial charge on any atom is -0.378 e. The molecule has 1 spiro atoms. The normalized spacial score (nSPS) is 34.8. The van der Waals surface area contributed by atoms with Gasteiger partial charge in [-0.05, 0) is 37.9 Å². The molecule has 3 heterocycles. The molecular weight excluding hydrogens is 240 g/mol. The number of aromatic nitrogens is 1. The highest BCUT2D eigenvalue weighted by molar-refractivity contribution is 5.20. The quantitative estimate of drug-likeness (QED) is 0.899. The number of hydrogen-bond acceptors (Lipinski definition) is 4. The molecule has 2 aliphatic heterocycles. The average molecular weight is 262 g/mol. The average Bonchev–Trinajstić information content (AvgIpc) is 2.88. The third-order valence-corrected chi connectivity index (χ3v) is 4.55. The minimum atomic E-state index is -0.106. The molecule has 104 valence electrons. The molecule has 0 saturated carbocycles. The molecule has 2 atom stereocenters. The summed E-state index contributed by atoms with van der Waals surface area (Å²) in [6.45, 7) is 2.99. The zero-order valence-corrected chi connectivity index (χ0v) is 11.3. The second kappa shape index (κ2) is 5.19. The predicted octanol–water partition coefficient (Wildman–Crippen LogP) is 1.64. The summed E-state index contributed by atoms with van der Waals surface area (Å²) in [6.07, 6.45) is 5.82. The van der Waals surface area contributed by atoms with E-state index >= 15 is 0 Å². The van der Waals surface area contributed by atoms with Gasteiger partial charge in [-0.2, -0.15) is 0 Å². The molecule has 2 aliphatic rings. The lowest BCUT2D eigenvalue weighted by atomic mass is 9.68. The van der Waals surface area contributed by atoms with Gasteiger partial charge in [0, 0.05) is 36.9 Å². The van der Waals surface area contributed by atoms with E-state index in [1.807, 2.05) is 12.3 Å². The van der Waals surface area contributed by atoms with Gasteiger partial charge in [0.05, 0.1) is 12.2 Å². The molecule has 0 aliphatic carbocycles. The van der Waals surface area contributed by atoms with E-state index in [2.05, 4.69) is 17.1 Å². The van der Waals surface area contributed by atoms with E-state index in [0.29, 0.717) is 13.2 Å². The van der Waals surface area contributed by atoms with Crippen molar-refractivity contribution in [2.24, 2.45) is 5.73 Å². The van der Waals surface area contributed by atoms with Gasteiger partial charge < -0.3 is 15.2 Å². The molecule has 4 heteroatoms. The van der Waals surface area contributed by atoms with E-state index in [-0.39, 0.29) is 11.0 Å². The van der Waals surface area contributed by atoms with Crippen LogP contribution in [0.15, 0.2) is 24.4 Å². The second-order valence-corrected chi connectivity index (χ2v) is 5.79. The molecule has 0 aromatic carbocycles. The number of hydrogen-bond donors (Lipinski definition) is 1. The first-order chi connectivity index (χ1) is 9.29. The number of nitrogens with zero attached hydrogens (tertiary/aromatic N) is 1. The van der Waals surface area contributed by atoms with Crippen LogP contribution in [0.2, 0.25) is 0 Å². The van der Waals surface area contributed by atoms with Crippen LogP contribution in [0.5, 0.6) is 0 Å². The number of pyridine rings is 1. The summed E-state index contributed by atoms with van der Waals surface area (Å²) >= 11 is 0. The largest absolute Gasteiger partial charge is 0.378 e. The number of ether oxygens (including phenoxy) is 2. The van der Waals surface area contributed by atoms with E-state index in [1.54, 1.807) is 0 Å². The van der Waals surface area contributed by atoms with Crippen LogP contribution in [-0.4, -0.2) is 37.0 Å². The van der Waals surface area contributed by atoms with Gasteiger partial charge in [0.1, 0.15) is 0 Å². The SMILES string of the molecule is NCC[C@@]1(c2ccccn2)CCO[C@]2(CCOC2)C1. The van der Waals surface area contributed by atoms with Crippen LogP contribution < -0.4 is 5.73 Å². The molecule has 2 fully saturated rings. The summed E-state index contributed by atoms with van der Waals surface area (Å²) in [7, 11) is 0. The Labute approximate surface area is 114 Å². The zero-order chi connectivity index (χ0) is 13.2. The lowest BCUT2D eigenvalue weighted by Gasteiger charge is -2.45. The fraction of sp³-hybridized carbons (Fsp3) is 0.667. The van der Waals surface area contributed by atoms with Gasteiger partial charge in [0.15, 0.2) is 0 Å². The Hall–Kier alpha value is -0.970. The standard InChI is InChI=1S/C15H22N2O2/c16-7-4-14(13-3-1-2-8-17-13)5-10-19-15(11-14)6-9-18-12-15/h1-3,8H,4-7,9-12,16H2/t14-,15-/m1/s1. The molecule has 1 aromatic rings. The third-order valence-electron chi connectivity index (χ3n) is 4.55. The van der Waals surface area contributed by atoms with Crippen molar-refractivity contribution in [3.8, 4) is 0 Å². The van der Waals surface area contributed by atoms with Crippen LogP contribution in [0.3, 0.4) is 0 Å². The summed E-state index contributed by atoms with van der Waals surface area (Å²) in [5.41, 5.74) is 6.98. The highest BCUT2D eigenvalue weighted by Gasteiger charge is 2.48. The molecule has 4 nitrogen and oxygen atoms in total. The Kier molecular flexibility index (Phi) is 3.56. The zero-order valence-electron chi connectivity index (χ0n) is 11.3. The first-order valence-corrected chi connectivity index (χ1v) is 7.12. The second-order valence-electron chi connectivity index (χ2n) is 5.79. The predicted molar refractivity (Wildman–Crippen MR) is 72.9 cm³/mol. The van der Waals surface area contributed by atoms with Crippen molar-refractivity contribution < 1.29 is 9.47 Å². The van der Waals surface area contributed by atoms with Crippen molar-refractivity contribution >= 4 is 0 Å². The Bertz CT molecular complexity index is 413. The smallest absolute Gasteiger partial charge is 0.0945 e. The van der Waals surface area contributed by atoms with Crippen LogP contribution in [0.1, 0.15) is 31.4 Å². The Morgan fingerprint density at radius 3 is 2.89 bits per heavy atom. The summed E-state index contributed by atoms with van der Waals surface area (Å²) in [5, 5.41) is 0. The van der Waals surface area contributed by atoms with Gasteiger partial charge in [0.25, 0.3) is 0 Å². The van der Waals surface area contributed by atoms with Gasteiger partial charge in [-0.3, -0.25) is 4.98 Å². The van der Waals surface area contributed by atoms with Crippen LogP contribution in [0.4, 0.5) is 0 Å². The lowest BCUT2D eigenvalue weighted by molar-refractivity contribution is -0.108. The molecule has 0 radical (unpaired) electrons. The number of nitrogens with two attached hydrogens (primary N) is 1. The minimum absolute atomic E-state index is 0.0575. The lowest BCUT2D eigenvalue weighted by Crippen LogP contribution is -2.49. The van der Waals surface area contributed by atoms with E-state index in [1.165, 1.54) is 0 Å². The molecule has 1 aromatic heterocycles. The van der Waals surface area contributed by atoms with Gasteiger partial charge in [-0.25, -0.2) is 0 Å². The Morgan fingerprint density at radius 2 is 2.21 bits per heavy atom. The van der Waals surface area contributed by atoms with Crippen molar-refractivity contribution in [3.63, 3.8) is 0 Å². The van der Waals surface area contributed by atoms with Crippen LogP contribution >= 0.6 is 0 Å². The molecule has 0 bridgehead atoms. The van der Waals surface area contributed by atoms with Crippen molar-refractivity contribution in [1.82, 2.24) is 4.98 Å². The first-order valence-electron chi connectivity index (χ1n) is 7.12. The number of rotatable bonds is 3. The van der Waals surface area contributed by atoms with E-state index in [9.17, 15) is 0 Å².